The molecule has 0 saturated carbocycles. The second kappa shape index (κ2) is 7.45. The Balaban J connectivity index is 2.60. The summed E-state index contributed by atoms with van der Waals surface area (Å²) in [4.78, 5) is 16.2. The highest BCUT2D eigenvalue weighted by molar-refractivity contribution is 7.09. The van der Waals surface area contributed by atoms with Gasteiger partial charge in [0.05, 0.1) is 12.6 Å². The van der Waals surface area contributed by atoms with Gasteiger partial charge in [0.1, 0.15) is 10.7 Å². The van der Waals surface area contributed by atoms with Crippen LogP contribution in [-0.4, -0.2) is 30.1 Å². The maximum atomic E-state index is 12.0. The standard InChI is InChI=1S/C12H21N3O2S/c1-4-17-6-9(8(2)3)15-12(16)10-7-18-11(5-13)14-10/h7-9H,4-6,13H2,1-3H3,(H,15,16). The Bertz CT molecular complexity index is 379. The van der Waals surface area contributed by atoms with Gasteiger partial charge in [-0.3, -0.25) is 4.79 Å². The second-order valence-corrected chi connectivity index (χ2v) is 5.26. The number of hydrogen-bond acceptors (Lipinski definition) is 5. The lowest BCUT2D eigenvalue weighted by Gasteiger charge is -2.21. The van der Waals surface area contributed by atoms with Crippen LogP contribution in [0.15, 0.2) is 5.38 Å². The summed E-state index contributed by atoms with van der Waals surface area (Å²) in [6.45, 7) is 7.57. The molecule has 0 radical (unpaired) electrons. The monoisotopic (exact) mass is 271 g/mol. The minimum Gasteiger partial charge on any atom is -0.380 e. The van der Waals surface area contributed by atoms with Crippen LogP contribution in [0, 0.1) is 5.92 Å². The van der Waals surface area contributed by atoms with Gasteiger partial charge in [-0.25, -0.2) is 4.98 Å². The predicted molar refractivity (Wildman–Crippen MR) is 72.6 cm³/mol. The molecule has 0 spiro atoms. The van der Waals surface area contributed by atoms with Crippen LogP contribution < -0.4 is 11.1 Å². The number of nitrogens with zero attached hydrogens (tertiary/aromatic N) is 1. The van der Waals surface area contributed by atoms with Gasteiger partial charge in [-0.2, -0.15) is 0 Å². The molecule has 1 aromatic heterocycles. The van der Waals surface area contributed by atoms with Crippen LogP contribution >= 0.6 is 11.3 Å². The SMILES string of the molecule is CCOCC(NC(=O)c1csc(CN)n1)C(C)C. The zero-order valence-electron chi connectivity index (χ0n) is 11.1. The highest BCUT2D eigenvalue weighted by Crippen LogP contribution is 2.10. The summed E-state index contributed by atoms with van der Waals surface area (Å²) < 4.78 is 5.37. The van der Waals surface area contributed by atoms with E-state index in [9.17, 15) is 4.79 Å². The third-order valence-electron chi connectivity index (χ3n) is 2.58. The van der Waals surface area contributed by atoms with E-state index in [2.05, 4.69) is 24.1 Å². The van der Waals surface area contributed by atoms with Crippen LogP contribution in [-0.2, 0) is 11.3 Å². The number of amides is 1. The van der Waals surface area contributed by atoms with Crippen LogP contribution in [0.5, 0.6) is 0 Å². The van der Waals surface area contributed by atoms with Gasteiger partial charge in [0.25, 0.3) is 5.91 Å². The number of carbonyl (C=O) groups is 1. The maximum Gasteiger partial charge on any atom is 0.271 e. The van der Waals surface area contributed by atoms with Crippen molar-refractivity contribution >= 4 is 17.2 Å². The molecule has 5 nitrogen and oxygen atoms in total. The number of ether oxygens (including phenoxy) is 1. The summed E-state index contributed by atoms with van der Waals surface area (Å²) in [5, 5.41) is 5.45. The number of aromatic nitrogens is 1. The summed E-state index contributed by atoms with van der Waals surface area (Å²) in [6.07, 6.45) is 0. The van der Waals surface area contributed by atoms with Crippen molar-refractivity contribution in [1.29, 1.82) is 0 Å². The van der Waals surface area contributed by atoms with E-state index in [-0.39, 0.29) is 11.9 Å². The van der Waals surface area contributed by atoms with Crippen molar-refractivity contribution in [2.75, 3.05) is 13.2 Å². The summed E-state index contributed by atoms with van der Waals surface area (Å²) in [5.41, 5.74) is 5.91. The predicted octanol–water partition coefficient (Wildman–Crippen LogP) is 1.39. The molecule has 6 heteroatoms. The quantitative estimate of drug-likeness (QED) is 0.785. The Kier molecular flexibility index (Phi) is 6.24. The van der Waals surface area contributed by atoms with Crippen LogP contribution in [0.25, 0.3) is 0 Å². The third-order valence-corrected chi connectivity index (χ3v) is 3.45. The lowest BCUT2D eigenvalue weighted by Crippen LogP contribution is -2.42. The van der Waals surface area contributed by atoms with Gasteiger partial charge in [-0.1, -0.05) is 13.8 Å². The molecule has 1 rings (SSSR count). The summed E-state index contributed by atoms with van der Waals surface area (Å²) >= 11 is 1.40. The number of carbonyl (C=O) groups excluding carboxylic acids is 1. The minimum absolute atomic E-state index is 0.000441. The maximum absolute atomic E-state index is 12.0. The Morgan fingerprint density at radius 1 is 1.61 bits per heavy atom. The molecular formula is C12H21N3O2S. The van der Waals surface area contributed by atoms with Crippen LogP contribution in [0.1, 0.15) is 36.3 Å². The third kappa shape index (κ3) is 4.36. The van der Waals surface area contributed by atoms with E-state index in [1.807, 2.05) is 6.92 Å². The summed E-state index contributed by atoms with van der Waals surface area (Å²) in [6, 6.07) is 0.000441. The normalized spacial score (nSPS) is 12.7. The first-order valence-corrected chi connectivity index (χ1v) is 6.99. The number of nitrogens with one attached hydrogen (secondary N) is 1. The fourth-order valence-corrected chi connectivity index (χ4v) is 2.05. The molecule has 0 fully saturated rings. The van der Waals surface area contributed by atoms with Gasteiger partial charge < -0.3 is 15.8 Å². The molecule has 1 amide bonds. The van der Waals surface area contributed by atoms with Crippen molar-refractivity contribution in [1.82, 2.24) is 10.3 Å². The largest absolute Gasteiger partial charge is 0.380 e. The number of thiazole rings is 1. The smallest absolute Gasteiger partial charge is 0.271 e. The van der Waals surface area contributed by atoms with Crippen molar-refractivity contribution < 1.29 is 9.53 Å². The van der Waals surface area contributed by atoms with Crippen molar-refractivity contribution in [3.8, 4) is 0 Å². The molecule has 102 valence electrons. The number of hydrogen-bond donors (Lipinski definition) is 2. The highest BCUT2D eigenvalue weighted by Gasteiger charge is 2.18. The molecule has 0 aliphatic carbocycles. The lowest BCUT2D eigenvalue weighted by molar-refractivity contribution is 0.0802. The molecule has 1 unspecified atom stereocenters. The van der Waals surface area contributed by atoms with Gasteiger partial charge in [-0.05, 0) is 12.8 Å². The van der Waals surface area contributed by atoms with E-state index < -0.39 is 0 Å². The Labute approximate surface area is 112 Å². The Hall–Kier alpha value is -0.980. The molecule has 3 N–H and O–H groups in total. The van der Waals surface area contributed by atoms with Crippen molar-refractivity contribution in [3.63, 3.8) is 0 Å². The van der Waals surface area contributed by atoms with Crippen LogP contribution in [0.3, 0.4) is 0 Å². The zero-order chi connectivity index (χ0) is 13.5. The number of nitrogens with two attached hydrogens (primary N) is 1. The van der Waals surface area contributed by atoms with Gasteiger partial charge in [0, 0.05) is 18.5 Å². The van der Waals surface area contributed by atoms with E-state index in [1.165, 1.54) is 11.3 Å². The van der Waals surface area contributed by atoms with Gasteiger partial charge >= 0.3 is 0 Å². The first-order chi connectivity index (χ1) is 8.58. The Morgan fingerprint density at radius 2 is 2.33 bits per heavy atom. The molecule has 18 heavy (non-hydrogen) atoms. The van der Waals surface area contributed by atoms with Gasteiger partial charge in [0.15, 0.2) is 0 Å². The van der Waals surface area contributed by atoms with E-state index >= 15 is 0 Å². The summed E-state index contributed by atoms with van der Waals surface area (Å²) in [7, 11) is 0. The molecule has 1 heterocycles. The molecular weight excluding hydrogens is 250 g/mol. The lowest BCUT2D eigenvalue weighted by atomic mass is 10.1. The summed E-state index contributed by atoms with van der Waals surface area (Å²) in [5.74, 6) is 0.150. The Morgan fingerprint density at radius 3 is 2.83 bits per heavy atom. The molecule has 1 aromatic rings. The molecule has 1 atom stereocenters. The second-order valence-electron chi connectivity index (χ2n) is 4.31. The van der Waals surface area contributed by atoms with Crippen molar-refractivity contribution in [2.45, 2.75) is 33.4 Å². The van der Waals surface area contributed by atoms with E-state index in [0.29, 0.717) is 31.4 Å². The zero-order valence-corrected chi connectivity index (χ0v) is 11.9. The topological polar surface area (TPSA) is 77.2 Å². The molecule has 0 saturated heterocycles. The fourth-order valence-electron chi connectivity index (χ4n) is 1.40. The van der Waals surface area contributed by atoms with Crippen molar-refractivity contribution in [3.05, 3.63) is 16.1 Å². The van der Waals surface area contributed by atoms with E-state index in [4.69, 9.17) is 10.5 Å². The minimum atomic E-state index is -0.163. The van der Waals surface area contributed by atoms with Gasteiger partial charge in [-0.15, -0.1) is 11.3 Å². The highest BCUT2D eigenvalue weighted by atomic mass is 32.1. The molecule has 0 bridgehead atoms. The fraction of sp³-hybridized carbons (Fsp3) is 0.667. The molecule has 0 aromatic carbocycles. The molecule has 0 aliphatic rings. The average Bonchev–Trinajstić information content (AvgIpc) is 2.82. The van der Waals surface area contributed by atoms with Gasteiger partial charge in [0.2, 0.25) is 0 Å². The first kappa shape index (κ1) is 15.1. The van der Waals surface area contributed by atoms with Crippen molar-refractivity contribution in [2.24, 2.45) is 11.7 Å². The average molecular weight is 271 g/mol. The number of rotatable bonds is 7. The van der Waals surface area contributed by atoms with E-state index in [0.717, 1.165) is 5.01 Å². The van der Waals surface area contributed by atoms with Crippen LogP contribution in [0.2, 0.25) is 0 Å². The van der Waals surface area contributed by atoms with E-state index in [1.54, 1.807) is 5.38 Å². The van der Waals surface area contributed by atoms with Crippen LogP contribution in [0.4, 0.5) is 0 Å². The molecule has 0 aliphatic heterocycles. The first-order valence-electron chi connectivity index (χ1n) is 6.11.